The predicted molar refractivity (Wildman–Crippen MR) is 100 cm³/mol. The normalized spacial score (nSPS) is 17.0. The standard InChI is InChI=1S/C18H16BrN5O2/c19-12-4-5-14-15(8-12)22-23-17(14)24-10-11(7-16(24)25)18(26)21-9-13-3-1-2-6-20-13/h1-6,8,11H,7,9-10H2,(H,21,26)(H,22,23)/t11-/m0/s1. The highest BCUT2D eigenvalue weighted by Gasteiger charge is 2.36. The van der Waals surface area contributed by atoms with E-state index in [2.05, 4.69) is 36.4 Å². The summed E-state index contributed by atoms with van der Waals surface area (Å²) in [6.07, 6.45) is 1.86. The van der Waals surface area contributed by atoms with Gasteiger partial charge in [0.15, 0.2) is 5.82 Å². The van der Waals surface area contributed by atoms with Gasteiger partial charge in [0.2, 0.25) is 11.8 Å². The van der Waals surface area contributed by atoms with Crippen LogP contribution in [-0.2, 0) is 16.1 Å². The van der Waals surface area contributed by atoms with Crippen molar-refractivity contribution in [1.29, 1.82) is 0 Å². The minimum Gasteiger partial charge on any atom is -0.350 e. The van der Waals surface area contributed by atoms with Crippen LogP contribution in [0.4, 0.5) is 5.82 Å². The molecule has 26 heavy (non-hydrogen) atoms. The number of amides is 2. The molecule has 2 aromatic heterocycles. The van der Waals surface area contributed by atoms with Crippen molar-refractivity contribution in [2.75, 3.05) is 11.4 Å². The third-order valence-electron chi connectivity index (χ3n) is 4.43. The van der Waals surface area contributed by atoms with Gasteiger partial charge < -0.3 is 5.32 Å². The topological polar surface area (TPSA) is 91.0 Å². The minimum absolute atomic E-state index is 0.0979. The summed E-state index contributed by atoms with van der Waals surface area (Å²) in [5.74, 6) is -0.0701. The van der Waals surface area contributed by atoms with Crippen LogP contribution >= 0.6 is 15.9 Å². The monoisotopic (exact) mass is 413 g/mol. The molecule has 2 amide bonds. The van der Waals surface area contributed by atoms with Gasteiger partial charge in [-0.15, -0.1) is 0 Å². The summed E-state index contributed by atoms with van der Waals surface area (Å²) in [6.45, 7) is 0.673. The van der Waals surface area contributed by atoms with Crippen LogP contribution in [0, 0.1) is 5.92 Å². The summed E-state index contributed by atoms with van der Waals surface area (Å²) in [4.78, 5) is 30.6. The van der Waals surface area contributed by atoms with Crippen LogP contribution in [0.15, 0.2) is 47.1 Å². The lowest BCUT2D eigenvalue weighted by atomic mass is 10.1. The van der Waals surface area contributed by atoms with Crippen molar-refractivity contribution in [1.82, 2.24) is 20.5 Å². The van der Waals surface area contributed by atoms with Gasteiger partial charge in [-0.05, 0) is 30.3 Å². The number of nitrogens with zero attached hydrogens (tertiary/aromatic N) is 3. The number of benzene rings is 1. The number of carbonyl (C=O) groups is 2. The van der Waals surface area contributed by atoms with Gasteiger partial charge in [-0.2, -0.15) is 5.10 Å². The van der Waals surface area contributed by atoms with Gasteiger partial charge >= 0.3 is 0 Å². The number of halogens is 1. The van der Waals surface area contributed by atoms with E-state index in [0.717, 1.165) is 21.1 Å². The second kappa shape index (κ2) is 6.87. The lowest BCUT2D eigenvalue weighted by molar-refractivity contribution is -0.126. The SMILES string of the molecule is O=C(NCc1ccccn1)[C@H]1CC(=O)N(c2n[nH]c3cc(Br)ccc23)C1. The lowest BCUT2D eigenvalue weighted by Gasteiger charge is -2.14. The molecule has 3 heterocycles. The van der Waals surface area contributed by atoms with Gasteiger partial charge in [0.1, 0.15) is 0 Å². The lowest BCUT2D eigenvalue weighted by Crippen LogP contribution is -2.33. The molecule has 1 aliphatic rings. The fraction of sp³-hybridized carbons (Fsp3) is 0.222. The van der Waals surface area contributed by atoms with Crippen LogP contribution in [0.25, 0.3) is 10.9 Å². The van der Waals surface area contributed by atoms with Crippen molar-refractivity contribution in [3.63, 3.8) is 0 Å². The molecule has 1 aliphatic heterocycles. The molecular formula is C18H16BrN5O2. The quantitative estimate of drug-likeness (QED) is 0.686. The number of aromatic nitrogens is 3. The average Bonchev–Trinajstić information content (AvgIpc) is 3.23. The largest absolute Gasteiger partial charge is 0.350 e. The number of nitrogens with one attached hydrogen (secondary N) is 2. The van der Waals surface area contributed by atoms with Crippen LogP contribution < -0.4 is 10.2 Å². The van der Waals surface area contributed by atoms with Crippen LogP contribution in [0.1, 0.15) is 12.1 Å². The Morgan fingerprint density at radius 2 is 2.23 bits per heavy atom. The van der Waals surface area contributed by atoms with Crippen LogP contribution in [0.2, 0.25) is 0 Å². The number of anilines is 1. The predicted octanol–water partition coefficient (Wildman–Crippen LogP) is 2.39. The first-order chi connectivity index (χ1) is 12.6. The molecule has 132 valence electrons. The van der Waals surface area contributed by atoms with E-state index in [-0.39, 0.29) is 18.2 Å². The summed E-state index contributed by atoms with van der Waals surface area (Å²) in [5, 5.41) is 10.9. The van der Waals surface area contributed by atoms with Crippen molar-refractivity contribution in [3.8, 4) is 0 Å². The van der Waals surface area contributed by atoms with Gasteiger partial charge in [-0.25, -0.2) is 0 Å². The fourth-order valence-corrected chi connectivity index (χ4v) is 3.46. The van der Waals surface area contributed by atoms with Crippen molar-refractivity contribution < 1.29 is 9.59 Å². The molecule has 0 bridgehead atoms. The van der Waals surface area contributed by atoms with Crippen LogP contribution in [0.3, 0.4) is 0 Å². The van der Waals surface area contributed by atoms with E-state index in [1.165, 1.54) is 0 Å². The molecule has 1 fully saturated rings. The third kappa shape index (κ3) is 3.20. The maximum atomic E-state index is 12.4. The molecule has 1 saturated heterocycles. The Morgan fingerprint density at radius 1 is 1.35 bits per heavy atom. The molecule has 2 N–H and O–H groups in total. The molecule has 0 aliphatic carbocycles. The average molecular weight is 414 g/mol. The first kappa shape index (κ1) is 16.7. The summed E-state index contributed by atoms with van der Waals surface area (Å²) in [5.41, 5.74) is 1.62. The number of hydrogen-bond donors (Lipinski definition) is 2. The molecule has 0 saturated carbocycles. The highest BCUT2D eigenvalue weighted by atomic mass is 79.9. The highest BCUT2D eigenvalue weighted by Crippen LogP contribution is 2.31. The fourth-order valence-electron chi connectivity index (χ4n) is 3.10. The zero-order valence-corrected chi connectivity index (χ0v) is 15.4. The molecule has 7 nitrogen and oxygen atoms in total. The number of carbonyl (C=O) groups excluding carboxylic acids is 2. The van der Waals surface area contributed by atoms with E-state index >= 15 is 0 Å². The van der Waals surface area contributed by atoms with E-state index in [4.69, 9.17) is 0 Å². The van der Waals surface area contributed by atoms with Crippen molar-refractivity contribution in [3.05, 3.63) is 52.8 Å². The van der Waals surface area contributed by atoms with Crippen molar-refractivity contribution >= 4 is 44.5 Å². The second-order valence-corrected chi connectivity index (χ2v) is 7.10. The van der Waals surface area contributed by atoms with Crippen LogP contribution in [0.5, 0.6) is 0 Å². The Balaban J connectivity index is 1.47. The van der Waals surface area contributed by atoms with E-state index in [9.17, 15) is 9.59 Å². The van der Waals surface area contributed by atoms with Gasteiger partial charge in [-0.1, -0.05) is 22.0 Å². The van der Waals surface area contributed by atoms with Crippen LogP contribution in [-0.4, -0.2) is 33.5 Å². The summed E-state index contributed by atoms with van der Waals surface area (Å²) >= 11 is 3.42. The van der Waals surface area contributed by atoms with Crippen molar-refractivity contribution in [2.24, 2.45) is 5.92 Å². The van der Waals surface area contributed by atoms with Gasteiger partial charge in [0, 0.05) is 29.0 Å². The Morgan fingerprint density at radius 3 is 3.04 bits per heavy atom. The molecule has 0 radical (unpaired) electrons. The summed E-state index contributed by atoms with van der Waals surface area (Å²) in [6, 6.07) is 11.3. The molecule has 0 spiro atoms. The zero-order valence-electron chi connectivity index (χ0n) is 13.8. The Kier molecular flexibility index (Phi) is 4.42. The zero-order chi connectivity index (χ0) is 18.1. The first-order valence-electron chi connectivity index (χ1n) is 8.23. The van der Waals surface area contributed by atoms with Gasteiger partial charge in [0.05, 0.1) is 23.7 Å². The summed E-state index contributed by atoms with van der Waals surface area (Å²) < 4.78 is 0.930. The molecule has 1 aromatic carbocycles. The number of aromatic amines is 1. The molecule has 8 heteroatoms. The number of H-pyrrole nitrogens is 1. The smallest absolute Gasteiger partial charge is 0.229 e. The van der Waals surface area contributed by atoms with E-state index < -0.39 is 5.92 Å². The molecule has 1 atom stereocenters. The summed E-state index contributed by atoms with van der Waals surface area (Å²) in [7, 11) is 0. The molecule has 3 aromatic rings. The van der Waals surface area contributed by atoms with Gasteiger partial charge in [0.25, 0.3) is 0 Å². The molecular weight excluding hydrogens is 398 g/mol. The van der Waals surface area contributed by atoms with E-state index in [1.54, 1.807) is 11.1 Å². The minimum atomic E-state index is -0.395. The van der Waals surface area contributed by atoms with E-state index in [1.807, 2.05) is 36.4 Å². The Hall–Kier alpha value is -2.74. The maximum absolute atomic E-state index is 12.4. The number of hydrogen-bond acceptors (Lipinski definition) is 4. The third-order valence-corrected chi connectivity index (χ3v) is 4.92. The number of pyridine rings is 1. The van der Waals surface area contributed by atoms with Gasteiger partial charge in [-0.3, -0.25) is 24.6 Å². The Bertz CT molecular complexity index is 972. The maximum Gasteiger partial charge on any atom is 0.229 e. The highest BCUT2D eigenvalue weighted by molar-refractivity contribution is 9.10. The Labute approximate surface area is 157 Å². The number of rotatable bonds is 4. The second-order valence-electron chi connectivity index (χ2n) is 6.18. The van der Waals surface area contributed by atoms with Crippen molar-refractivity contribution in [2.45, 2.75) is 13.0 Å². The molecule has 0 unspecified atom stereocenters. The first-order valence-corrected chi connectivity index (χ1v) is 9.03. The van der Waals surface area contributed by atoms with E-state index in [0.29, 0.717) is 18.9 Å². The molecule has 4 rings (SSSR count). The number of fused-ring (bicyclic) bond motifs is 1.